The summed E-state index contributed by atoms with van der Waals surface area (Å²) < 4.78 is 7.32. The van der Waals surface area contributed by atoms with E-state index in [4.69, 9.17) is 4.74 Å². The standard InChI is InChI=1S/C13H24N4O/c1-3-5-13(6-4-7-14-10-13)12-16-15-11-17(12)8-9-18-2/h11,14H,3-10H2,1-2H3. The summed E-state index contributed by atoms with van der Waals surface area (Å²) >= 11 is 0. The van der Waals surface area contributed by atoms with Crippen LogP contribution in [0.5, 0.6) is 0 Å². The van der Waals surface area contributed by atoms with Crippen molar-refractivity contribution in [3.63, 3.8) is 0 Å². The van der Waals surface area contributed by atoms with Gasteiger partial charge >= 0.3 is 0 Å². The lowest BCUT2D eigenvalue weighted by atomic mass is 9.76. The SMILES string of the molecule is CCCC1(c2nncn2CCOC)CCCNC1. The Balaban J connectivity index is 2.21. The van der Waals surface area contributed by atoms with Crippen molar-refractivity contribution in [3.05, 3.63) is 12.2 Å². The van der Waals surface area contributed by atoms with Crippen LogP contribution in [0.2, 0.25) is 0 Å². The molecule has 1 N–H and O–H groups in total. The topological polar surface area (TPSA) is 52.0 Å². The molecular weight excluding hydrogens is 228 g/mol. The zero-order valence-corrected chi connectivity index (χ0v) is 11.5. The van der Waals surface area contributed by atoms with Gasteiger partial charge in [-0.15, -0.1) is 10.2 Å². The smallest absolute Gasteiger partial charge is 0.140 e. The van der Waals surface area contributed by atoms with Gasteiger partial charge in [-0.2, -0.15) is 0 Å². The van der Waals surface area contributed by atoms with Crippen LogP contribution in [0.15, 0.2) is 6.33 Å². The van der Waals surface area contributed by atoms with E-state index < -0.39 is 0 Å². The van der Waals surface area contributed by atoms with Crippen molar-refractivity contribution in [2.45, 2.75) is 44.6 Å². The van der Waals surface area contributed by atoms with E-state index in [-0.39, 0.29) is 5.41 Å². The van der Waals surface area contributed by atoms with Crippen LogP contribution in [0.1, 0.15) is 38.4 Å². The summed E-state index contributed by atoms with van der Waals surface area (Å²) in [5.41, 5.74) is 0.164. The molecule has 2 rings (SSSR count). The van der Waals surface area contributed by atoms with Crippen LogP contribution in [-0.4, -0.2) is 41.6 Å². The van der Waals surface area contributed by atoms with Crippen LogP contribution < -0.4 is 5.32 Å². The highest BCUT2D eigenvalue weighted by Crippen LogP contribution is 2.34. The van der Waals surface area contributed by atoms with Crippen molar-refractivity contribution in [1.82, 2.24) is 20.1 Å². The van der Waals surface area contributed by atoms with Gasteiger partial charge in [0.05, 0.1) is 6.61 Å². The van der Waals surface area contributed by atoms with Crippen LogP contribution >= 0.6 is 0 Å². The van der Waals surface area contributed by atoms with E-state index in [0.717, 1.165) is 25.5 Å². The van der Waals surface area contributed by atoms with E-state index in [1.807, 2.05) is 6.33 Å². The van der Waals surface area contributed by atoms with Gasteiger partial charge in [-0.3, -0.25) is 0 Å². The van der Waals surface area contributed by atoms with Gasteiger partial charge in [-0.1, -0.05) is 13.3 Å². The minimum Gasteiger partial charge on any atom is -0.383 e. The van der Waals surface area contributed by atoms with Gasteiger partial charge in [0.15, 0.2) is 0 Å². The monoisotopic (exact) mass is 252 g/mol. The summed E-state index contributed by atoms with van der Waals surface area (Å²) in [6.07, 6.45) is 6.61. The van der Waals surface area contributed by atoms with Crippen LogP contribution in [-0.2, 0) is 16.7 Å². The third-order valence-electron chi connectivity index (χ3n) is 3.83. The predicted octanol–water partition coefficient (Wildman–Crippen LogP) is 1.35. The number of hydrogen-bond donors (Lipinski definition) is 1. The van der Waals surface area contributed by atoms with Crippen molar-refractivity contribution < 1.29 is 4.74 Å². The summed E-state index contributed by atoms with van der Waals surface area (Å²) in [4.78, 5) is 0. The molecule has 0 saturated carbocycles. The quantitative estimate of drug-likeness (QED) is 0.830. The fourth-order valence-electron chi connectivity index (χ4n) is 2.98. The first kappa shape index (κ1) is 13.5. The fourth-order valence-corrected chi connectivity index (χ4v) is 2.98. The third kappa shape index (κ3) is 2.72. The Bertz CT molecular complexity index is 352. The molecule has 1 aromatic rings. The molecule has 0 aliphatic carbocycles. The first-order valence-corrected chi connectivity index (χ1v) is 6.90. The average molecular weight is 252 g/mol. The van der Waals surface area contributed by atoms with Gasteiger partial charge < -0.3 is 14.6 Å². The molecule has 1 atom stereocenters. The van der Waals surface area contributed by atoms with Gasteiger partial charge in [0.2, 0.25) is 0 Å². The first-order chi connectivity index (χ1) is 8.82. The lowest BCUT2D eigenvalue weighted by molar-refractivity contribution is 0.181. The van der Waals surface area contributed by atoms with Crippen LogP contribution in [0.25, 0.3) is 0 Å². The number of ether oxygens (including phenoxy) is 1. The second kappa shape index (κ2) is 6.29. The maximum Gasteiger partial charge on any atom is 0.140 e. The van der Waals surface area contributed by atoms with Gasteiger partial charge in [0.1, 0.15) is 12.2 Å². The van der Waals surface area contributed by atoms with E-state index in [2.05, 4.69) is 27.0 Å². The zero-order chi connectivity index (χ0) is 12.8. The molecular formula is C13H24N4O. The van der Waals surface area contributed by atoms with E-state index >= 15 is 0 Å². The molecule has 1 unspecified atom stereocenters. The molecule has 1 saturated heterocycles. The van der Waals surface area contributed by atoms with Gasteiger partial charge in [-0.25, -0.2) is 0 Å². The molecule has 0 bridgehead atoms. The molecule has 1 fully saturated rings. The fraction of sp³-hybridized carbons (Fsp3) is 0.846. The summed E-state index contributed by atoms with van der Waals surface area (Å²) in [6.45, 7) is 5.93. The highest BCUT2D eigenvalue weighted by molar-refractivity contribution is 5.11. The highest BCUT2D eigenvalue weighted by atomic mass is 16.5. The molecule has 102 valence electrons. The molecule has 1 aromatic heterocycles. The number of nitrogens with one attached hydrogen (secondary N) is 1. The maximum absolute atomic E-state index is 5.16. The molecule has 0 aromatic carbocycles. The van der Waals surface area contributed by atoms with E-state index in [9.17, 15) is 0 Å². The van der Waals surface area contributed by atoms with Crippen molar-refractivity contribution in [1.29, 1.82) is 0 Å². The Morgan fingerprint density at radius 1 is 1.56 bits per heavy atom. The van der Waals surface area contributed by atoms with Crippen LogP contribution in [0, 0.1) is 0 Å². The second-order valence-corrected chi connectivity index (χ2v) is 5.15. The Kier molecular flexibility index (Phi) is 4.72. The van der Waals surface area contributed by atoms with E-state index in [1.165, 1.54) is 25.7 Å². The summed E-state index contributed by atoms with van der Waals surface area (Å²) in [6, 6.07) is 0. The molecule has 0 radical (unpaired) electrons. The summed E-state index contributed by atoms with van der Waals surface area (Å²) in [5.74, 6) is 1.13. The van der Waals surface area contributed by atoms with Crippen LogP contribution in [0.3, 0.4) is 0 Å². The number of piperidine rings is 1. The molecule has 5 heteroatoms. The summed E-state index contributed by atoms with van der Waals surface area (Å²) in [5, 5.41) is 12.0. The Hall–Kier alpha value is -0.940. The van der Waals surface area contributed by atoms with Crippen molar-refractivity contribution >= 4 is 0 Å². The molecule has 0 spiro atoms. The Morgan fingerprint density at radius 2 is 2.44 bits per heavy atom. The largest absolute Gasteiger partial charge is 0.383 e. The molecule has 1 aliphatic rings. The molecule has 1 aliphatic heterocycles. The minimum absolute atomic E-state index is 0.164. The lowest BCUT2D eigenvalue weighted by Gasteiger charge is -2.36. The summed E-state index contributed by atoms with van der Waals surface area (Å²) in [7, 11) is 1.73. The third-order valence-corrected chi connectivity index (χ3v) is 3.83. The van der Waals surface area contributed by atoms with Crippen molar-refractivity contribution in [2.24, 2.45) is 0 Å². The molecule has 0 amide bonds. The van der Waals surface area contributed by atoms with E-state index in [0.29, 0.717) is 6.61 Å². The number of nitrogens with zero attached hydrogens (tertiary/aromatic N) is 3. The number of methoxy groups -OCH3 is 1. The average Bonchev–Trinajstić information content (AvgIpc) is 2.87. The number of rotatable bonds is 6. The van der Waals surface area contributed by atoms with Crippen molar-refractivity contribution in [3.8, 4) is 0 Å². The van der Waals surface area contributed by atoms with Gasteiger partial charge in [-0.05, 0) is 25.8 Å². The lowest BCUT2D eigenvalue weighted by Crippen LogP contribution is -2.45. The van der Waals surface area contributed by atoms with E-state index in [1.54, 1.807) is 7.11 Å². The van der Waals surface area contributed by atoms with Crippen LogP contribution in [0.4, 0.5) is 0 Å². The molecule has 18 heavy (non-hydrogen) atoms. The first-order valence-electron chi connectivity index (χ1n) is 6.90. The molecule has 5 nitrogen and oxygen atoms in total. The normalized spacial score (nSPS) is 24.3. The maximum atomic E-state index is 5.16. The second-order valence-electron chi connectivity index (χ2n) is 5.15. The predicted molar refractivity (Wildman–Crippen MR) is 70.6 cm³/mol. The van der Waals surface area contributed by atoms with Crippen molar-refractivity contribution in [2.75, 3.05) is 26.8 Å². The zero-order valence-electron chi connectivity index (χ0n) is 11.5. The number of hydrogen-bond acceptors (Lipinski definition) is 4. The minimum atomic E-state index is 0.164. The highest BCUT2D eigenvalue weighted by Gasteiger charge is 2.37. The Labute approximate surface area is 109 Å². The molecule has 2 heterocycles. The Morgan fingerprint density at radius 3 is 3.11 bits per heavy atom. The van der Waals surface area contributed by atoms with Gasteiger partial charge in [0, 0.05) is 25.6 Å². The van der Waals surface area contributed by atoms with Gasteiger partial charge in [0.25, 0.3) is 0 Å². The number of aromatic nitrogens is 3.